The Hall–Kier alpha value is -2.71. The summed E-state index contributed by atoms with van der Waals surface area (Å²) in [4.78, 5) is 31.2. The van der Waals surface area contributed by atoms with Crippen LogP contribution in [0.3, 0.4) is 0 Å². The number of piperazine rings is 1. The Labute approximate surface area is 170 Å². The number of aryl methyl sites for hydroxylation is 1. The van der Waals surface area contributed by atoms with Gasteiger partial charge in [0.15, 0.2) is 5.82 Å². The van der Waals surface area contributed by atoms with Gasteiger partial charge in [-0.2, -0.15) is 0 Å². The van der Waals surface area contributed by atoms with Gasteiger partial charge in [0.2, 0.25) is 11.8 Å². The van der Waals surface area contributed by atoms with Gasteiger partial charge < -0.3 is 19.6 Å². The molecule has 3 heterocycles. The predicted octanol–water partition coefficient (Wildman–Crippen LogP) is 1.52. The number of amides is 2. The van der Waals surface area contributed by atoms with Gasteiger partial charge in [-0.3, -0.25) is 14.5 Å². The lowest BCUT2D eigenvalue weighted by Crippen LogP contribution is -2.50. The number of benzene rings is 1. The first-order chi connectivity index (χ1) is 14.1. The summed E-state index contributed by atoms with van der Waals surface area (Å²) >= 11 is 0. The number of para-hydroxylation sites is 1. The molecule has 0 atom stereocenters. The third-order valence-electron chi connectivity index (χ3n) is 5.56. The van der Waals surface area contributed by atoms with E-state index >= 15 is 0 Å². The van der Waals surface area contributed by atoms with Crippen molar-refractivity contribution >= 4 is 23.3 Å². The lowest BCUT2D eigenvalue weighted by molar-refractivity contribution is -0.120. The van der Waals surface area contributed by atoms with Crippen LogP contribution < -0.4 is 10.2 Å². The van der Waals surface area contributed by atoms with Crippen LogP contribution in [-0.2, 0) is 16.0 Å². The molecular formula is C21H27N5O3. The number of carbonyl (C=O) groups is 2. The molecule has 1 aromatic heterocycles. The van der Waals surface area contributed by atoms with Crippen LogP contribution in [0, 0.1) is 6.92 Å². The summed E-state index contributed by atoms with van der Waals surface area (Å²) in [5.74, 6) is 1.23. The summed E-state index contributed by atoms with van der Waals surface area (Å²) in [5, 5.41) is 6.52. The van der Waals surface area contributed by atoms with Crippen LogP contribution in [0.15, 0.2) is 34.9 Å². The van der Waals surface area contributed by atoms with Crippen molar-refractivity contribution < 1.29 is 14.1 Å². The second-order valence-corrected chi connectivity index (χ2v) is 7.66. The van der Waals surface area contributed by atoms with Gasteiger partial charge in [0.05, 0.1) is 6.54 Å². The number of carbonyl (C=O) groups excluding carboxylic acids is 2. The number of nitrogens with one attached hydrogen (secondary N) is 1. The molecule has 1 aromatic carbocycles. The van der Waals surface area contributed by atoms with Gasteiger partial charge in [-0.25, -0.2) is 0 Å². The third kappa shape index (κ3) is 4.83. The molecule has 8 nitrogen and oxygen atoms in total. The van der Waals surface area contributed by atoms with Crippen molar-refractivity contribution in [1.82, 2.24) is 15.0 Å². The highest BCUT2D eigenvalue weighted by Crippen LogP contribution is 2.27. The fourth-order valence-electron chi connectivity index (χ4n) is 3.94. The van der Waals surface area contributed by atoms with Gasteiger partial charge >= 0.3 is 0 Å². The van der Waals surface area contributed by atoms with Crippen molar-refractivity contribution in [3.8, 4) is 0 Å². The summed E-state index contributed by atoms with van der Waals surface area (Å²) < 4.78 is 4.95. The molecule has 8 heteroatoms. The second kappa shape index (κ2) is 8.75. The van der Waals surface area contributed by atoms with Crippen molar-refractivity contribution in [3.05, 3.63) is 41.7 Å². The minimum absolute atomic E-state index is 0.0661. The van der Waals surface area contributed by atoms with E-state index < -0.39 is 0 Å². The largest absolute Gasteiger partial charge is 0.360 e. The maximum Gasteiger partial charge on any atom is 0.241 e. The molecule has 29 heavy (non-hydrogen) atoms. The molecule has 2 aliphatic rings. The fourth-order valence-corrected chi connectivity index (χ4v) is 3.94. The molecule has 1 saturated heterocycles. The maximum absolute atomic E-state index is 12.8. The number of rotatable bonds is 6. The standard InChI is InChI=1S/C21H27N5O3/c1-16-14-19(23-29-16)22-20(27)7-8-24-10-12-25(13-11-24)15-21(28)26-9-6-17-4-2-3-5-18(17)26/h2-5,14H,6-13,15H2,1H3,(H,22,23,27). The van der Waals surface area contributed by atoms with Gasteiger partial charge in [0.25, 0.3) is 0 Å². The van der Waals surface area contributed by atoms with E-state index in [1.165, 1.54) is 5.56 Å². The molecule has 1 fully saturated rings. The first-order valence-corrected chi connectivity index (χ1v) is 10.1. The van der Waals surface area contributed by atoms with E-state index in [1.807, 2.05) is 23.1 Å². The molecule has 0 aliphatic carbocycles. The van der Waals surface area contributed by atoms with E-state index in [0.29, 0.717) is 31.1 Å². The molecule has 0 saturated carbocycles. The molecule has 2 amide bonds. The Morgan fingerprint density at radius 3 is 2.62 bits per heavy atom. The van der Waals surface area contributed by atoms with E-state index in [1.54, 1.807) is 13.0 Å². The Morgan fingerprint density at radius 2 is 1.86 bits per heavy atom. The lowest BCUT2D eigenvalue weighted by atomic mass is 10.2. The number of aromatic nitrogens is 1. The van der Waals surface area contributed by atoms with Crippen LogP contribution in [0.5, 0.6) is 0 Å². The normalized spacial score (nSPS) is 17.3. The van der Waals surface area contributed by atoms with E-state index in [4.69, 9.17) is 4.52 Å². The third-order valence-corrected chi connectivity index (χ3v) is 5.56. The first-order valence-electron chi connectivity index (χ1n) is 10.1. The monoisotopic (exact) mass is 397 g/mol. The Morgan fingerprint density at radius 1 is 1.10 bits per heavy atom. The molecule has 0 bridgehead atoms. The average molecular weight is 397 g/mol. The number of anilines is 2. The smallest absolute Gasteiger partial charge is 0.241 e. The molecule has 154 valence electrons. The predicted molar refractivity (Wildman–Crippen MR) is 110 cm³/mol. The van der Waals surface area contributed by atoms with Crippen LogP contribution in [0.25, 0.3) is 0 Å². The van der Waals surface area contributed by atoms with Crippen LogP contribution in [0.4, 0.5) is 11.5 Å². The van der Waals surface area contributed by atoms with Gasteiger partial charge in [-0.1, -0.05) is 23.4 Å². The minimum atomic E-state index is -0.0661. The number of fused-ring (bicyclic) bond motifs is 1. The molecule has 4 rings (SSSR count). The highest BCUT2D eigenvalue weighted by molar-refractivity contribution is 5.96. The molecule has 0 radical (unpaired) electrons. The Kier molecular flexibility index (Phi) is 5.92. The van der Waals surface area contributed by atoms with Crippen LogP contribution in [-0.4, -0.2) is 72.6 Å². The van der Waals surface area contributed by atoms with Gasteiger partial charge in [0, 0.05) is 57.4 Å². The average Bonchev–Trinajstić information content (AvgIpc) is 3.33. The zero-order valence-corrected chi connectivity index (χ0v) is 16.8. The molecule has 2 aliphatic heterocycles. The zero-order chi connectivity index (χ0) is 20.2. The highest BCUT2D eigenvalue weighted by atomic mass is 16.5. The van der Waals surface area contributed by atoms with Crippen LogP contribution in [0.1, 0.15) is 17.7 Å². The lowest BCUT2D eigenvalue weighted by Gasteiger charge is -2.34. The fraction of sp³-hybridized carbons (Fsp3) is 0.476. The van der Waals surface area contributed by atoms with E-state index in [-0.39, 0.29) is 11.8 Å². The molecule has 1 N–H and O–H groups in total. The summed E-state index contributed by atoms with van der Waals surface area (Å²) in [6, 6.07) is 9.85. The SMILES string of the molecule is Cc1cc(NC(=O)CCN2CCN(CC(=O)N3CCc4ccccc43)CC2)no1. The summed E-state index contributed by atoms with van der Waals surface area (Å²) in [6.07, 6.45) is 1.35. The summed E-state index contributed by atoms with van der Waals surface area (Å²) in [5.41, 5.74) is 2.31. The quantitative estimate of drug-likeness (QED) is 0.796. The first kappa shape index (κ1) is 19.6. The van der Waals surface area contributed by atoms with Crippen molar-refractivity contribution in [2.24, 2.45) is 0 Å². The second-order valence-electron chi connectivity index (χ2n) is 7.66. The molecule has 0 unspecified atom stereocenters. The highest BCUT2D eigenvalue weighted by Gasteiger charge is 2.27. The van der Waals surface area contributed by atoms with Crippen LogP contribution in [0.2, 0.25) is 0 Å². The number of hydrogen-bond donors (Lipinski definition) is 1. The van der Waals surface area contributed by atoms with Crippen molar-refractivity contribution in [2.45, 2.75) is 19.8 Å². The van der Waals surface area contributed by atoms with Crippen LogP contribution >= 0.6 is 0 Å². The van der Waals surface area contributed by atoms with E-state index in [0.717, 1.165) is 44.8 Å². The topological polar surface area (TPSA) is 81.9 Å². The van der Waals surface area contributed by atoms with Crippen molar-refractivity contribution in [1.29, 1.82) is 0 Å². The van der Waals surface area contributed by atoms with Gasteiger partial charge in [-0.05, 0) is 25.0 Å². The number of hydrogen-bond acceptors (Lipinski definition) is 6. The van der Waals surface area contributed by atoms with E-state index in [9.17, 15) is 9.59 Å². The summed E-state index contributed by atoms with van der Waals surface area (Å²) in [6.45, 7) is 7.11. The molecule has 2 aromatic rings. The van der Waals surface area contributed by atoms with Gasteiger partial charge in [0.1, 0.15) is 5.76 Å². The summed E-state index contributed by atoms with van der Waals surface area (Å²) in [7, 11) is 0. The maximum atomic E-state index is 12.8. The van der Waals surface area contributed by atoms with Gasteiger partial charge in [-0.15, -0.1) is 0 Å². The van der Waals surface area contributed by atoms with E-state index in [2.05, 4.69) is 26.3 Å². The minimum Gasteiger partial charge on any atom is -0.360 e. The Bertz CT molecular complexity index is 873. The molecular weight excluding hydrogens is 370 g/mol. The molecule has 0 spiro atoms. The van der Waals surface area contributed by atoms with Crippen molar-refractivity contribution in [2.75, 3.05) is 56.0 Å². The van der Waals surface area contributed by atoms with Crippen molar-refractivity contribution in [3.63, 3.8) is 0 Å². The number of nitrogens with zero attached hydrogens (tertiary/aromatic N) is 4. The zero-order valence-electron chi connectivity index (χ0n) is 16.8. The Balaban J connectivity index is 1.18.